The van der Waals surface area contributed by atoms with Crippen molar-refractivity contribution in [2.24, 2.45) is 5.92 Å². The second-order valence-corrected chi connectivity index (χ2v) is 5.86. The van der Waals surface area contributed by atoms with Crippen LogP contribution in [0.5, 0.6) is 0 Å². The zero-order chi connectivity index (χ0) is 14.2. The van der Waals surface area contributed by atoms with Gasteiger partial charge in [-0.15, -0.1) is 0 Å². The minimum Gasteiger partial charge on any atom is -0.381 e. The quantitative estimate of drug-likeness (QED) is 0.765. The van der Waals surface area contributed by atoms with Crippen LogP contribution in [-0.4, -0.2) is 37.6 Å². The van der Waals surface area contributed by atoms with Gasteiger partial charge in [0, 0.05) is 25.2 Å². The molecule has 2 amide bonds. The molecule has 0 aromatic heterocycles. The van der Waals surface area contributed by atoms with Crippen molar-refractivity contribution in [2.75, 3.05) is 19.8 Å². The van der Waals surface area contributed by atoms with E-state index < -0.39 is 0 Å². The molecule has 5 heteroatoms. The summed E-state index contributed by atoms with van der Waals surface area (Å²) < 4.78 is 5.23. The SMILES string of the molecule is O=C(CNC(=O)C1CCOCC1)NC1CCCCCC1. The van der Waals surface area contributed by atoms with E-state index in [4.69, 9.17) is 4.74 Å². The number of carbonyl (C=O) groups excluding carboxylic acids is 2. The Morgan fingerprint density at radius 3 is 2.25 bits per heavy atom. The lowest BCUT2D eigenvalue weighted by molar-refractivity contribution is -0.130. The highest BCUT2D eigenvalue weighted by Gasteiger charge is 2.22. The Labute approximate surface area is 120 Å². The number of hydrogen-bond donors (Lipinski definition) is 2. The van der Waals surface area contributed by atoms with Crippen molar-refractivity contribution in [3.8, 4) is 0 Å². The zero-order valence-electron chi connectivity index (χ0n) is 12.2. The first-order valence-electron chi connectivity index (χ1n) is 7.90. The molecule has 0 aromatic carbocycles. The molecule has 1 heterocycles. The lowest BCUT2D eigenvalue weighted by Crippen LogP contribution is -2.44. The maximum atomic E-state index is 11.9. The van der Waals surface area contributed by atoms with Gasteiger partial charge in [-0.1, -0.05) is 25.7 Å². The lowest BCUT2D eigenvalue weighted by Gasteiger charge is -2.21. The number of ether oxygens (including phenoxy) is 1. The van der Waals surface area contributed by atoms with Crippen LogP contribution in [0.25, 0.3) is 0 Å². The van der Waals surface area contributed by atoms with Crippen LogP contribution in [0.4, 0.5) is 0 Å². The molecule has 0 unspecified atom stereocenters. The highest BCUT2D eigenvalue weighted by atomic mass is 16.5. The number of rotatable bonds is 4. The van der Waals surface area contributed by atoms with Crippen molar-refractivity contribution >= 4 is 11.8 Å². The minimum absolute atomic E-state index is 0.00873. The van der Waals surface area contributed by atoms with E-state index in [0.29, 0.717) is 19.3 Å². The lowest BCUT2D eigenvalue weighted by atomic mass is 9.99. The fourth-order valence-corrected chi connectivity index (χ4v) is 2.97. The Bertz CT molecular complexity index is 319. The molecule has 0 bridgehead atoms. The highest BCUT2D eigenvalue weighted by Crippen LogP contribution is 2.17. The van der Waals surface area contributed by atoms with Crippen molar-refractivity contribution < 1.29 is 14.3 Å². The predicted octanol–water partition coefficient (Wildman–Crippen LogP) is 1.37. The maximum absolute atomic E-state index is 11.9. The third-order valence-corrected chi connectivity index (χ3v) is 4.24. The van der Waals surface area contributed by atoms with Crippen molar-refractivity contribution in [1.82, 2.24) is 10.6 Å². The van der Waals surface area contributed by atoms with Crippen molar-refractivity contribution in [2.45, 2.75) is 57.4 Å². The second kappa shape index (κ2) is 8.25. The molecular weight excluding hydrogens is 256 g/mol. The number of nitrogens with one attached hydrogen (secondary N) is 2. The zero-order valence-corrected chi connectivity index (χ0v) is 12.2. The van der Waals surface area contributed by atoms with Crippen LogP contribution < -0.4 is 10.6 Å². The monoisotopic (exact) mass is 282 g/mol. The number of carbonyl (C=O) groups is 2. The van der Waals surface area contributed by atoms with E-state index in [0.717, 1.165) is 25.7 Å². The van der Waals surface area contributed by atoms with Gasteiger partial charge in [-0.2, -0.15) is 0 Å². The van der Waals surface area contributed by atoms with Crippen LogP contribution in [0, 0.1) is 5.92 Å². The van der Waals surface area contributed by atoms with Crippen LogP contribution in [0.15, 0.2) is 0 Å². The molecule has 0 spiro atoms. The van der Waals surface area contributed by atoms with Gasteiger partial charge in [0.15, 0.2) is 0 Å². The first-order valence-corrected chi connectivity index (χ1v) is 7.90. The molecule has 0 atom stereocenters. The summed E-state index contributed by atoms with van der Waals surface area (Å²) in [5, 5.41) is 5.79. The van der Waals surface area contributed by atoms with E-state index in [2.05, 4.69) is 10.6 Å². The Kier molecular flexibility index (Phi) is 6.30. The number of amides is 2. The Balaban J connectivity index is 1.64. The van der Waals surface area contributed by atoms with Gasteiger partial charge >= 0.3 is 0 Å². The molecule has 0 radical (unpaired) electrons. The molecular formula is C15H26N2O3. The first kappa shape index (κ1) is 15.3. The van der Waals surface area contributed by atoms with Gasteiger partial charge in [0.25, 0.3) is 0 Å². The smallest absolute Gasteiger partial charge is 0.239 e. The van der Waals surface area contributed by atoms with Gasteiger partial charge in [0.1, 0.15) is 0 Å². The molecule has 5 nitrogen and oxygen atoms in total. The standard InChI is InChI=1S/C15H26N2O3/c18-14(17-13-5-3-1-2-4-6-13)11-16-15(19)12-7-9-20-10-8-12/h12-13H,1-11H2,(H,16,19)(H,17,18). The van der Waals surface area contributed by atoms with E-state index in [1.54, 1.807) is 0 Å². The third kappa shape index (κ3) is 5.12. The van der Waals surface area contributed by atoms with Gasteiger partial charge < -0.3 is 15.4 Å². The normalized spacial score (nSPS) is 22.0. The topological polar surface area (TPSA) is 67.4 Å². The molecule has 1 aliphatic heterocycles. The van der Waals surface area contributed by atoms with Gasteiger partial charge in [0.05, 0.1) is 6.54 Å². The second-order valence-electron chi connectivity index (χ2n) is 5.86. The predicted molar refractivity (Wildman–Crippen MR) is 76.2 cm³/mol. The Morgan fingerprint density at radius 2 is 1.60 bits per heavy atom. The maximum Gasteiger partial charge on any atom is 0.239 e. The fourth-order valence-electron chi connectivity index (χ4n) is 2.97. The van der Waals surface area contributed by atoms with E-state index in [1.165, 1.54) is 25.7 Å². The summed E-state index contributed by atoms with van der Waals surface area (Å²) in [5.41, 5.74) is 0. The van der Waals surface area contributed by atoms with Crippen LogP contribution >= 0.6 is 0 Å². The van der Waals surface area contributed by atoms with Gasteiger partial charge in [-0.3, -0.25) is 9.59 Å². The Hall–Kier alpha value is -1.10. The van der Waals surface area contributed by atoms with Gasteiger partial charge in [0.2, 0.25) is 11.8 Å². The Morgan fingerprint density at radius 1 is 0.950 bits per heavy atom. The third-order valence-electron chi connectivity index (χ3n) is 4.24. The average molecular weight is 282 g/mol. The summed E-state index contributed by atoms with van der Waals surface area (Å²) in [6, 6.07) is 0.296. The summed E-state index contributed by atoms with van der Waals surface area (Å²) >= 11 is 0. The first-order chi connectivity index (χ1) is 9.75. The summed E-state index contributed by atoms with van der Waals surface area (Å²) in [6.07, 6.45) is 8.59. The van der Waals surface area contributed by atoms with E-state index >= 15 is 0 Å². The van der Waals surface area contributed by atoms with Crippen LogP contribution in [0.2, 0.25) is 0 Å². The average Bonchev–Trinajstić information content (AvgIpc) is 2.74. The summed E-state index contributed by atoms with van der Waals surface area (Å²) in [6.45, 7) is 1.39. The molecule has 2 fully saturated rings. The molecule has 0 aromatic rings. The van der Waals surface area contributed by atoms with Crippen LogP contribution in [0.1, 0.15) is 51.4 Å². The molecule has 1 aliphatic carbocycles. The van der Waals surface area contributed by atoms with E-state index in [1.807, 2.05) is 0 Å². The summed E-state index contributed by atoms with van der Waals surface area (Å²) in [5.74, 6) is -0.0592. The van der Waals surface area contributed by atoms with Gasteiger partial charge in [-0.25, -0.2) is 0 Å². The fraction of sp³-hybridized carbons (Fsp3) is 0.867. The molecule has 20 heavy (non-hydrogen) atoms. The van der Waals surface area contributed by atoms with Crippen molar-refractivity contribution in [1.29, 1.82) is 0 Å². The highest BCUT2D eigenvalue weighted by molar-refractivity contribution is 5.85. The van der Waals surface area contributed by atoms with Crippen LogP contribution in [-0.2, 0) is 14.3 Å². The summed E-state index contributed by atoms with van der Waals surface area (Å²) in [4.78, 5) is 23.8. The number of hydrogen-bond acceptors (Lipinski definition) is 3. The largest absolute Gasteiger partial charge is 0.381 e. The minimum atomic E-state index is -0.0580. The van der Waals surface area contributed by atoms with Crippen LogP contribution in [0.3, 0.4) is 0 Å². The summed E-state index contributed by atoms with van der Waals surface area (Å²) in [7, 11) is 0. The molecule has 114 valence electrons. The van der Waals surface area contributed by atoms with Gasteiger partial charge in [-0.05, 0) is 25.7 Å². The molecule has 1 saturated carbocycles. The van der Waals surface area contributed by atoms with E-state index in [9.17, 15) is 9.59 Å². The van der Waals surface area contributed by atoms with Crippen molar-refractivity contribution in [3.63, 3.8) is 0 Å². The molecule has 1 saturated heterocycles. The van der Waals surface area contributed by atoms with Crippen molar-refractivity contribution in [3.05, 3.63) is 0 Å². The van der Waals surface area contributed by atoms with E-state index in [-0.39, 0.29) is 24.3 Å². The molecule has 2 rings (SSSR count). The molecule has 2 aliphatic rings. The molecule has 2 N–H and O–H groups in total.